The van der Waals surface area contributed by atoms with E-state index in [-0.39, 0.29) is 0 Å². The molecule has 2 aromatic carbocycles. The predicted octanol–water partition coefficient (Wildman–Crippen LogP) is 4.39. The molecule has 3 rings (SSSR count). The number of hydrogen-bond acceptors (Lipinski definition) is 6. The molecule has 156 valence electrons. The van der Waals surface area contributed by atoms with Crippen LogP contribution >= 0.6 is 0 Å². The number of anilines is 2. The van der Waals surface area contributed by atoms with Gasteiger partial charge in [0, 0.05) is 5.69 Å². The maximum atomic E-state index is 12.7. The van der Waals surface area contributed by atoms with Crippen LogP contribution in [0.5, 0.6) is 5.75 Å². The van der Waals surface area contributed by atoms with Gasteiger partial charge < -0.3 is 24.5 Å². The number of carbonyl (C=O) groups is 2. The molecule has 0 bridgehead atoms. The van der Waals surface area contributed by atoms with Gasteiger partial charge in [-0.2, -0.15) is 0 Å². The molecule has 0 aliphatic heterocycles. The van der Waals surface area contributed by atoms with E-state index in [0.717, 1.165) is 11.3 Å². The fraction of sp³-hybridized carbons (Fsp3) is 0.217. The van der Waals surface area contributed by atoms with E-state index in [2.05, 4.69) is 10.6 Å². The lowest BCUT2D eigenvalue weighted by Gasteiger charge is -2.17. The molecule has 0 spiro atoms. The largest absolute Gasteiger partial charge is 0.495 e. The molecular formula is C23H24N2O5. The van der Waals surface area contributed by atoms with Crippen LogP contribution in [0.25, 0.3) is 0 Å². The first-order valence-electron chi connectivity index (χ1n) is 9.49. The van der Waals surface area contributed by atoms with E-state index in [9.17, 15) is 9.59 Å². The van der Waals surface area contributed by atoms with Gasteiger partial charge in [-0.05, 0) is 55.8 Å². The second kappa shape index (κ2) is 9.65. The Labute approximate surface area is 175 Å². The second-order valence-corrected chi connectivity index (χ2v) is 6.72. The molecule has 0 aliphatic rings. The van der Waals surface area contributed by atoms with Crippen LogP contribution in [0.1, 0.15) is 28.6 Å². The molecule has 1 atom stereocenters. The van der Waals surface area contributed by atoms with Crippen LogP contribution < -0.4 is 15.4 Å². The van der Waals surface area contributed by atoms with E-state index in [1.54, 1.807) is 48.7 Å². The van der Waals surface area contributed by atoms with E-state index in [0.29, 0.717) is 29.2 Å². The Balaban J connectivity index is 1.65. The lowest BCUT2D eigenvalue weighted by atomic mass is 10.1. The number of amides is 1. The Morgan fingerprint density at radius 3 is 2.60 bits per heavy atom. The molecule has 0 saturated carbocycles. The molecule has 0 radical (unpaired) electrons. The van der Waals surface area contributed by atoms with E-state index < -0.39 is 18.0 Å². The first kappa shape index (κ1) is 21.0. The van der Waals surface area contributed by atoms with E-state index in [4.69, 9.17) is 13.9 Å². The first-order valence-corrected chi connectivity index (χ1v) is 9.49. The highest BCUT2D eigenvalue weighted by atomic mass is 16.5. The molecule has 1 heterocycles. The highest BCUT2D eigenvalue weighted by Crippen LogP contribution is 2.25. The van der Waals surface area contributed by atoms with Crippen LogP contribution in [0, 0.1) is 6.92 Å². The molecule has 3 aromatic rings. The predicted molar refractivity (Wildman–Crippen MR) is 114 cm³/mol. The van der Waals surface area contributed by atoms with Crippen LogP contribution in [0.3, 0.4) is 0 Å². The number of esters is 1. The highest BCUT2D eigenvalue weighted by molar-refractivity contribution is 6.00. The molecule has 2 N–H and O–H groups in total. The third-order valence-electron chi connectivity index (χ3n) is 4.45. The van der Waals surface area contributed by atoms with Crippen molar-refractivity contribution in [3.8, 4) is 5.75 Å². The molecule has 1 amide bonds. The van der Waals surface area contributed by atoms with Gasteiger partial charge in [0.2, 0.25) is 0 Å². The number of para-hydroxylation sites is 1. The topological polar surface area (TPSA) is 89.8 Å². The fourth-order valence-corrected chi connectivity index (χ4v) is 2.84. The summed E-state index contributed by atoms with van der Waals surface area (Å²) in [6.45, 7) is 3.85. The summed E-state index contributed by atoms with van der Waals surface area (Å²) in [5.41, 5.74) is 2.40. The molecule has 0 unspecified atom stereocenters. The maximum absolute atomic E-state index is 12.7. The van der Waals surface area contributed by atoms with Crippen molar-refractivity contribution in [1.29, 1.82) is 0 Å². The zero-order chi connectivity index (χ0) is 21.5. The Morgan fingerprint density at radius 2 is 1.87 bits per heavy atom. The summed E-state index contributed by atoms with van der Waals surface area (Å²) < 4.78 is 16.0. The SMILES string of the molecule is COc1ccc(C)cc1NC(=O)[C@H](C)OC(=O)c1ccccc1NCc1ccco1. The Morgan fingerprint density at radius 1 is 1.07 bits per heavy atom. The minimum Gasteiger partial charge on any atom is -0.495 e. The summed E-state index contributed by atoms with van der Waals surface area (Å²) in [4.78, 5) is 25.2. The average Bonchev–Trinajstić information content (AvgIpc) is 3.26. The molecule has 30 heavy (non-hydrogen) atoms. The van der Waals surface area contributed by atoms with Crippen molar-refractivity contribution in [2.45, 2.75) is 26.5 Å². The number of carbonyl (C=O) groups excluding carboxylic acids is 2. The van der Waals surface area contributed by atoms with Crippen molar-refractivity contribution < 1.29 is 23.5 Å². The normalized spacial score (nSPS) is 11.4. The smallest absolute Gasteiger partial charge is 0.341 e. The number of benzene rings is 2. The summed E-state index contributed by atoms with van der Waals surface area (Å²) in [5, 5.41) is 5.90. The zero-order valence-corrected chi connectivity index (χ0v) is 17.1. The first-order chi connectivity index (χ1) is 14.5. The van der Waals surface area contributed by atoms with Gasteiger partial charge in [0.1, 0.15) is 11.5 Å². The molecule has 7 heteroatoms. The van der Waals surface area contributed by atoms with Crippen molar-refractivity contribution in [2.24, 2.45) is 0 Å². The van der Waals surface area contributed by atoms with E-state index >= 15 is 0 Å². The number of furan rings is 1. The third kappa shape index (κ3) is 5.20. The second-order valence-electron chi connectivity index (χ2n) is 6.72. The summed E-state index contributed by atoms with van der Waals surface area (Å²) in [5.74, 6) is 0.211. The maximum Gasteiger partial charge on any atom is 0.341 e. The van der Waals surface area contributed by atoms with Gasteiger partial charge >= 0.3 is 5.97 Å². The van der Waals surface area contributed by atoms with Crippen molar-refractivity contribution in [3.05, 3.63) is 77.7 Å². The van der Waals surface area contributed by atoms with Crippen LogP contribution in [0.4, 0.5) is 11.4 Å². The van der Waals surface area contributed by atoms with Crippen molar-refractivity contribution in [3.63, 3.8) is 0 Å². The van der Waals surface area contributed by atoms with Crippen LogP contribution in [0.15, 0.2) is 65.3 Å². The van der Waals surface area contributed by atoms with Gasteiger partial charge in [0.15, 0.2) is 6.10 Å². The molecular weight excluding hydrogens is 384 g/mol. The quantitative estimate of drug-likeness (QED) is 0.537. The van der Waals surface area contributed by atoms with Crippen molar-refractivity contribution in [2.75, 3.05) is 17.7 Å². The molecule has 1 aromatic heterocycles. The summed E-state index contributed by atoms with van der Waals surface area (Å²) in [6, 6.07) is 16.0. The van der Waals surface area contributed by atoms with Crippen LogP contribution in [-0.4, -0.2) is 25.1 Å². The number of aryl methyl sites for hydroxylation is 1. The van der Waals surface area contributed by atoms with Gasteiger partial charge in [0.05, 0.1) is 31.2 Å². The zero-order valence-electron chi connectivity index (χ0n) is 17.1. The number of methoxy groups -OCH3 is 1. The number of ether oxygens (including phenoxy) is 2. The molecule has 7 nitrogen and oxygen atoms in total. The monoisotopic (exact) mass is 408 g/mol. The minimum atomic E-state index is -0.999. The van der Waals surface area contributed by atoms with Gasteiger partial charge in [0.25, 0.3) is 5.91 Å². The number of hydrogen-bond donors (Lipinski definition) is 2. The van der Waals surface area contributed by atoms with Gasteiger partial charge in [-0.25, -0.2) is 4.79 Å². The van der Waals surface area contributed by atoms with Crippen molar-refractivity contribution in [1.82, 2.24) is 0 Å². The van der Waals surface area contributed by atoms with Crippen LogP contribution in [0.2, 0.25) is 0 Å². The summed E-state index contributed by atoms with van der Waals surface area (Å²) >= 11 is 0. The summed E-state index contributed by atoms with van der Waals surface area (Å²) in [7, 11) is 1.52. The van der Waals surface area contributed by atoms with Crippen molar-refractivity contribution >= 4 is 23.3 Å². The highest BCUT2D eigenvalue weighted by Gasteiger charge is 2.22. The Kier molecular flexibility index (Phi) is 6.75. The van der Waals surface area contributed by atoms with Gasteiger partial charge in [-0.15, -0.1) is 0 Å². The van der Waals surface area contributed by atoms with Gasteiger partial charge in [-0.3, -0.25) is 4.79 Å². The number of nitrogens with one attached hydrogen (secondary N) is 2. The lowest BCUT2D eigenvalue weighted by molar-refractivity contribution is -0.123. The van der Waals surface area contributed by atoms with Crippen LogP contribution in [-0.2, 0) is 16.1 Å². The Bertz CT molecular complexity index is 1010. The Hall–Kier alpha value is -3.74. The standard InChI is InChI=1S/C23H24N2O5/c1-15-10-11-21(28-3)20(13-15)25-22(26)16(2)30-23(27)18-8-4-5-9-19(18)24-14-17-7-6-12-29-17/h4-13,16,24H,14H2,1-3H3,(H,25,26)/t16-/m0/s1. The lowest BCUT2D eigenvalue weighted by Crippen LogP contribution is -2.30. The van der Waals surface area contributed by atoms with Gasteiger partial charge in [-0.1, -0.05) is 18.2 Å². The molecule has 0 fully saturated rings. The van der Waals surface area contributed by atoms with E-state index in [1.165, 1.54) is 14.0 Å². The fourth-order valence-electron chi connectivity index (χ4n) is 2.84. The average molecular weight is 408 g/mol. The summed E-state index contributed by atoms with van der Waals surface area (Å²) in [6.07, 6.45) is 0.585. The number of rotatable bonds is 8. The third-order valence-corrected chi connectivity index (χ3v) is 4.45. The molecule has 0 aliphatic carbocycles. The minimum absolute atomic E-state index is 0.330. The van der Waals surface area contributed by atoms with E-state index in [1.807, 2.05) is 19.1 Å². The molecule has 0 saturated heterocycles.